The second kappa shape index (κ2) is 9.20. The van der Waals surface area contributed by atoms with Gasteiger partial charge in [-0.15, -0.1) is 0 Å². The first-order valence-corrected chi connectivity index (χ1v) is 10.8. The van der Waals surface area contributed by atoms with Crippen LogP contribution >= 0.6 is 0 Å². The van der Waals surface area contributed by atoms with E-state index in [9.17, 15) is 14.4 Å². The predicted molar refractivity (Wildman–Crippen MR) is 118 cm³/mol. The molecule has 1 unspecified atom stereocenters. The molecule has 2 aliphatic rings. The van der Waals surface area contributed by atoms with Gasteiger partial charge in [0.2, 0.25) is 5.91 Å². The number of anilines is 2. The van der Waals surface area contributed by atoms with Gasteiger partial charge in [0, 0.05) is 26.1 Å². The van der Waals surface area contributed by atoms with E-state index < -0.39 is 6.10 Å². The number of piperidine rings is 1. The van der Waals surface area contributed by atoms with Crippen molar-refractivity contribution in [2.24, 2.45) is 0 Å². The minimum atomic E-state index is -0.596. The zero-order valence-corrected chi connectivity index (χ0v) is 17.7. The highest BCUT2D eigenvalue weighted by Crippen LogP contribution is 2.33. The third-order valence-corrected chi connectivity index (χ3v) is 5.71. The van der Waals surface area contributed by atoms with Gasteiger partial charge < -0.3 is 19.9 Å². The van der Waals surface area contributed by atoms with E-state index in [1.54, 1.807) is 36.1 Å². The maximum Gasteiger partial charge on any atom is 0.267 e. The average Bonchev–Trinajstić information content (AvgIpc) is 2.80. The fourth-order valence-corrected chi connectivity index (χ4v) is 4.06. The molecule has 3 amide bonds. The number of hydrogen-bond donors (Lipinski definition) is 1. The number of fused-ring (bicyclic) bond motifs is 1. The van der Waals surface area contributed by atoms with Crippen molar-refractivity contribution in [2.75, 3.05) is 29.9 Å². The lowest BCUT2D eigenvalue weighted by atomic mass is 10.1. The van der Waals surface area contributed by atoms with Gasteiger partial charge in [-0.25, -0.2) is 0 Å². The number of benzene rings is 2. The molecule has 0 spiro atoms. The van der Waals surface area contributed by atoms with Crippen molar-refractivity contribution >= 4 is 29.1 Å². The van der Waals surface area contributed by atoms with E-state index in [-0.39, 0.29) is 30.7 Å². The molecule has 0 aromatic heterocycles. The lowest BCUT2D eigenvalue weighted by Crippen LogP contribution is -2.45. The van der Waals surface area contributed by atoms with Gasteiger partial charge in [-0.05, 0) is 50.5 Å². The number of para-hydroxylation sites is 3. The molecule has 0 saturated carbocycles. The molecule has 2 aromatic rings. The van der Waals surface area contributed by atoms with E-state index in [1.165, 1.54) is 0 Å². The number of carbonyl (C=O) groups is 3. The minimum Gasteiger partial charge on any atom is -0.479 e. The molecule has 2 heterocycles. The second-order valence-corrected chi connectivity index (χ2v) is 7.91. The standard InChI is InChI=1S/C24H27N3O4/c1-17-23(29)27(20-11-5-6-12-21(20)31-17)16-13-22(28)25-19-10-4-3-9-18(19)24(30)26-14-7-2-8-15-26/h3-6,9-12,17H,2,7-8,13-16H2,1H3,(H,25,28). The Morgan fingerprint density at radius 2 is 1.74 bits per heavy atom. The predicted octanol–water partition coefficient (Wildman–Crippen LogP) is 3.46. The Hall–Kier alpha value is -3.35. The lowest BCUT2D eigenvalue weighted by Gasteiger charge is -2.32. The molecular formula is C24H27N3O4. The SMILES string of the molecule is CC1Oc2ccccc2N(CCC(=O)Nc2ccccc2C(=O)N2CCCCC2)C1=O. The van der Waals surface area contributed by atoms with Gasteiger partial charge in [0.05, 0.1) is 16.9 Å². The third-order valence-electron chi connectivity index (χ3n) is 5.71. The van der Waals surface area contributed by atoms with Gasteiger partial charge >= 0.3 is 0 Å². The van der Waals surface area contributed by atoms with Gasteiger partial charge in [0.15, 0.2) is 6.10 Å². The summed E-state index contributed by atoms with van der Waals surface area (Å²) in [5.41, 5.74) is 1.67. The smallest absolute Gasteiger partial charge is 0.267 e. The topological polar surface area (TPSA) is 79.0 Å². The summed E-state index contributed by atoms with van der Waals surface area (Å²) in [5.74, 6) is 0.157. The maximum absolute atomic E-state index is 12.9. The number of nitrogens with one attached hydrogen (secondary N) is 1. The van der Waals surface area contributed by atoms with Crippen LogP contribution < -0.4 is 15.0 Å². The highest BCUT2D eigenvalue weighted by molar-refractivity contribution is 6.04. The molecule has 0 radical (unpaired) electrons. The third kappa shape index (κ3) is 4.55. The van der Waals surface area contributed by atoms with Crippen LogP contribution in [0.3, 0.4) is 0 Å². The van der Waals surface area contributed by atoms with Crippen LogP contribution in [0.1, 0.15) is 43.0 Å². The van der Waals surface area contributed by atoms with Crippen LogP contribution in [0.25, 0.3) is 0 Å². The van der Waals surface area contributed by atoms with E-state index in [2.05, 4.69) is 5.32 Å². The molecule has 1 atom stereocenters. The van der Waals surface area contributed by atoms with Gasteiger partial charge in [0.1, 0.15) is 5.75 Å². The van der Waals surface area contributed by atoms with Gasteiger partial charge in [-0.1, -0.05) is 24.3 Å². The molecule has 0 bridgehead atoms. The van der Waals surface area contributed by atoms with Gasteiger partial charge in [0.25, 0.3) is 11.8 Å². The fourth-order valence-electron chi connectivity index (χ4n) is 4.06. The Bertz CT molecular complexity index is 984. The summed E-state index contributed by atoms with van der Waals surface area (Å²) in [6, 6.07) is 14.4. The average molecular weight is 421 g/mol. The van der Waals surface area contributed by atoms with E-state index in [4.69, 9.17) is 4.74 Å². The molecular weight excluding hydrogens is 394 g/mol. The van der Waals surface area contributed by atoms with Gasteiger partial charge in [-0.3, -0.25) is 14.4 Å². The molecule has 2 aliphatic heterocycles. The molecule has 7 heteroatoms. The van der Waals surface area contributed by atoms with Crippen LogP contribution in [-0.2, 0) is 9.59 Å². The van der Waals surface area contributed by atoms with Crippen molar-refractivity contribution in [3.8, 4) is 5.75 Å². The van der Waals surface area contributed by atoms with Crippen molar-refractivity contribution in [3.05, 3.63) is 54.1 Å². The number of hydrogen-bond acceptors (Lipinski definition) is 4. The van der Waals surface area contributed by atoms with E-state index in [0.717, 1.165) is 32.4 Å². The van der Waals surface area contributed by atoms with Gasteiger partial charge in [-0.2, -0.15) is 0 Å². The zero-order chi connectivity index (χ0) is 21.8. The van der Waals surface area contributed by atoms with Crippen molar-refractivity contribution < 1.29 is 19.1 Å². The lowest BCUT2D eigenvalue weighted by molar-refractivity contribution is -0.125. The number of nitrogens with zero attached hydrogens (tertiary/aromatic N) is 2. The number of rotatable bonds is 5. The first-order chi connectivity index (χ1) is 15.0. The van der Waals surface area contributed by atoms with Crippen LogP contribution in [0.2, 0.25) is 0 Å². The summed E-state index contributed by atoms with van der Waals surface area (Å²) in [6.45, 7) is 3.43. The monoisotopic (exact) mass is 421 g/mol. The van der Waals surface area contributed by atoms with E-state index in [1.807, 2.05) is 29.2 Å². The number of carbonyl (C=O) groups excluding carboxylic acids is 3. The molecule has 7 nitrogen and oxygen atoms in total. The van der Waals surface area contributed by atoms with Crippen molar-refractivity contribution in [1.29, 1.82) is 0 Å². The van der Waals surface area contributed by atoms with Crippen LogP contribution in [0.5, 0.6) is 5.75 Å². The molecule has 31 heavy (non-hydrogen) atoms. The molecule has 1 N–H and O–H groups in total. The minimum absolute atomic E-state index is 0.0540. The maximum atomic E-state index is 12.9. The second-order valence-electron chi connectivity index (χ2n) is 7.91. The summed E-state index contributed by atoms with van der Waals surface area (Å²) >= 11 is 0. The summed E-state index contributed by atoms with van der Waals surface area (Å²) in [7, 11) is 0. The first kappa shape index (κ1) is 20.9. The molecule has 1 saturated heterocycles. The zero-order valence-electron chi connectivity index (χ0n) is 17.7. The fraction of sp³-hybridized carbons (Fsp3) is 0.375. The molecule has 1 fully saturated rings. The highest BCUT2D eigenvalue weighted by Gasteiger charge is 2.31. The highest BCUT2D eigenvalue weighted by atomic mass is 16.5. The summed E-state index contributed by atoms with van der Waals surface area (Å²) < 4.78 is 5.64. The quantitative estimate of drug-likeness (QED) is 0.802. The Morgan fingerprint density at radius 3 is 2.55 bits per heavy atom. The summed E-state index contributed by atoms with van der Waals surface area (Å²) in [4.78, 5) is 41.7. The van der Waals surface area contributed by atoms with Crippen molar-refractivity contribution in [1.82, 2.24) is 4.90 Å². The largest absolute Gasteiger partial charge is 0.479 e. The van der Waals surface area contributed by atoms with Crippen LogP contribution in [-0.4, -0.2) is 48.4 Å². The Kier molecular flexibility index (Phi) is 6.21. The van der Waals surface area contributed by atoms with Crippen LogP contribution in [0.4, 0.5) is 11.4 Å². The summed E-state index contributed by atoms with van der Waals surface area (Å²) in [5, 5.41) is 2.86. The Morgan fingerprint density at radius 1 is 1.03 bits per heavy atom. The number of amides is 3. The molecule has 4 rings (SSSR count). The van der Waals surface area contributed by atoms with Crippen LogP contribution in [0.15, 0.2) is 48.5 Å². The van der Waals surface area contributed by atoms with E-state index >= 15 is 0 Å². The molecule has 162 valence electrons. The molecule has 0 aliphatic carbocycles. The van der Waals surface area contributed by atoms with Crippen molar-refractivity contribution in [3.63, 3.8) is 0 Å². The van der Waals surface area contributed by atoms with Crippen LogP contribution in [0, 0.1) is 0 Å². The van der Waals surface area contributed by atoms with E-state index in [0.29, 0.717) is 22.7 Å². The molecule has 2 aromatic carbocycles. The number of likely N-dealkylation sites (tertiary alicyclic amines) is 1. The summed E-state index contributed by atoms with van der Waals surface area (Å²) in [6.07, 6.45) is 2.67. The normalized spacial score (nSPS) is 18.2. The Labute approximate surface area is 182 Å². The number of ether oxygens (including phenoxy) is 1. The van der Waals surface area contributed by atoms with Crippen molar-refractivity contribution in [2.45, 2.75) is 38.7 Å². The first-order valence-electron chi connectivity index (χ1n) is 10.8. The Balaban J connectivity index is 1.43.